The Morgan fingerprint density at radius 1 is 1.32 bits per heavy atom. The largest absolute Gasteiger partial charge is 0.302 e. The van der Waals surface area contributed by atoms with Crippen LogP contribution in [-0.2, 0) is 17.6 Å². The maximum Gasteiger partial charge on any atom is 0.226 e. The van der Waals surface area contributed by atoms with Gasteiger partial charge >= 0.3 is 0 Å². The van der Waals surface area contributed by atoms with Crippen LogP contribution < -0.4 is 5.32 Å². The van der Waals surface area contributed by atoms with Gasteiger partial charge in [0, 0.05) is 17.9 Å². The van der Waals surface area contributed by atoms with Crippen LogP contribution >= 0.6 is 23.1 Å². The molecule has 0 aliphatic heterocycles. The molecule has 4 rings (SSSR count). The van der Waals surface area contributed by atoms with Crippen molar-refractivity contribution in [2.45, 2.75) is 51.5 Å². The van der Waals surface area contributed by atoms with E-state index >= 15 is 0 Å². The minimum Gasteiger partial charge on any atom is -0.302 e. The van der Waals surface area contributed by atoms with Gasteiger partial charge in [-0.1, -0.05) is 44.2 Å². The van der Waals surface area contributed by atoms with E-state index in [-0.39, 0.29) is 11.3 Å². The molecule has 1 unspecified atom stereocenters. The molecular formula is C24H26N4OS2. The highest BCUT2D eigenvalue weighted by Gasteiger charge is 2.30. The quantitative estimate of drug-likeness (QED) is 0.494. The van der Waals surface area contributed by atoms with Crippen LogP contribution in [-0.4, -0.2) is 21.6 Å². The van der Waals surface area contributed by atoms with Crippen molar-refractivity contribution >= 4 is 44.4 Å². The summed E-state index contributed by atoms with van der Waals surface area (Å²) in [5.74, 6) is 1.11. The normalized spacial score (nSPS) is 16.0. The Morgan fingerprint density at radius 3 is 2.87 bits per heavy atom. The third kappa shape index (κ3) is 5.08. The van der Waals surface area contributed by atoms with Gasteiger partial charge in [0.15, 0.2) is 5.13 Å². The van der Waals surface area contributed by atoms with Crippen molar-refractivity contribution in [2.24, 2.45) is 11.3 Å². The predicted molar refractivity (Wildman–Crippen MR) is 128 cm³/mol. The SMILES string of the molecule is CC(C)(C)C1CCc2nc(SCCC(=O)Nc3nc4ccccc4s3)c(C#N)cc2C1. The average molecular weight is 451 g/mol. The van der Waals surface area contributed by atoms with Crippen molar-refractivity contribution in [3.05, 3.63) is 47.2 Å². The summed E-state index contributed by atoms with van der Waals surface area (Å²) >= 11 is 2.96. The number of hydrogen-bond acceptors (Lipinski definition) is 6. The number of benzene rings is 1. The van der Waals surface area contributed by atoms with Crippen LogP contribution in [0.1, 0.15) is 50.4 Å². The second kappa shape index (κ2) is 8.97. The predicted octanol–water partition coefficient (Wildman–Crippen LogP) is 5.83. The van der Waals surface area contributed by atoms with Crippen LogP contribution in [0.3, 0.4) is 0 Å². The molecule has 1 amide bonds. The topological polar surface area (TPSA) is 78.7 Å². The third-order valence-corrected chi connectivity index (χ3v) is 7.75. The molecule has 1 N–H and O–H groups in total. The maximum atomic E-state index is 12.4. The number of rotatable bonds is 5. The summed E-state index contributed by atoms with van der Waals surface area (Å²) in [6.45, 7) is 6.85. The molecule has 0 radical (unpaired) electrons. The number of fused-ring (bicyclic) bond motifs is 2. The first-order valence-electron chi connectivity index (χ1n) is 10.5. The first kappa shape index (κ1) is 21.8. The van der Waals surface area contributed by atoms with E-state index in [9.17, 15) is 10.1 Å². The molecule has 2 heterocycles. The van der Waals surface area contributed by atoms with Crippen molar-refractivity contribution in [2.75, 3.05) is 11.1 Å². The Morgan fingerprint density at radius 2 is 2.13 bits per heavy atom. The number of amides is 1. The zero-order chi connectivity index (χ0) is 22.0. The minimum atomic E-state index is -0.0731. The zero-order valence-corrected chi connectivity index (χ0v) is 19.7. The van der Waals surface area contributed by atoms with E-state index < -0.39 is 0 Å². The first-order valence-corrected chi connectivity index (χ1v) is 12.3. The zero-order valence-electron chi connectivity index (χ0n) is 18.1. The summed E-state index contributed by atoms with van der Waals surface area (Å²) in [5, 5.41) is 13.9. The molecule has 1 atom stereocenters. The van der Waals surface area contributed by atoms with E-state index in [1.807, 2.05) is 30.3 Å². The summed E-state index contributed by atoms with van der Waals surface area (Å²) in [4.78, 5) is 21.6. The lowest BCUT2D eigenvalue weighted by Gasteiger charge is -2.34. The molecule has 0 fully saturated rings. The Bertz CT molecular complexity index is 1120. The number of anilines is 1. The number of aromatic nitrogens is 2. The van der Waals surface area contributed by atoms with Gasteiger partial charge in [0.25, 0.3) is 0 Å². The molecule has 5 nitrogen and oxygen atoms in total. The molecule has 0 saturated carbocycles. The summed E-state index contributed by atoms with van der Waals surface area (Å²) in [6.07, 6.45) is 3.41. The summed E-state index contributed by atoms with van der Waals surface area (Å²) in [5.41, 5.74) is 4.09. The average Bonchev–Trinajstić information content (AvgIpc) is 3.14. The molecule has 1 aliphatic carbocycles. The monoisotopic (exact) mass is 450 g/mol. The fraction of sp³-hybridized carbons (Fsp3) is 0.417. The lowest BCUT2D eigenvalue weighted by molar-refractivity contribution is -0.115. The van der Waals surface area contributed by atoms with Gasteiger partial charge in [-0.2, -0.15) is 5.26 Å². The smallest absolute Gasteiger partial charge is 0.226 e. The molecule has 1 aromatic carbocycles. The summed E-state index contributed by atoms with van der Waals surface area (Å²) in [6, 6.07) is 12.1. The van der Waals surface area contributed by atoms with Gasteiger partial charge in [-0.25, -0.2) is 9.97 Å². The Balaban J connectivity index is 1.37. The molecule has 0 spiro atoms. The number of nitrogens with one attached hydrogen (secondary N) is 1. The van der Waals surface area contributed by atoms with Gasteiger partial charge in [-0.05, 0) is 54.4 Å². The summed E-state index contributed by atoms with van der Waals surface area (Å²) in [7, 11) is 0. The Labute approximate surface area is 191 Å². The van der Waals surface area contributed by atoms with E-state index in [1.54, 1.807) is 0 Å². The molecule has 3 aromatic rings. The maximum absolute atomic E-state index is 12.4. The van der Waals surface area contributed by atoms with Crippen molar-refractivity contribution in [1.82, 2.24) is 9.97 Å². The summed E-state index contributed by atoms with van der Waals surface area (Å²) < 4.78 is 1.05. The molecule has 0 saturated heterocycles. The second-order valence-electron chi connectivity index (χ2n) is 9.00. The fourth-order valence-corrected chi connectivity index (χ4v) is 5.72. The Kier molecular flexibility index (Phi) is 6.31. The van der Waals surface area contributed by atoms with Crippen LogP contribution in [0.5, 0.6) is 0 Å². The van der Waals surface area contributed by atoms with Crippen molar-refractivity contribution in [3.8, 4) is 6.07 Å². The molecule has 160 valence electrons. The lowest BCUT2D eigenvalue weighted by Crippen LogP contribution is -2.27. The van der Waals surface area contributed by atoms with Gasteiger partial charge in [-0.3, -0.25) is 4.79 Å². The molecule has 31 heavy (non-hydrogen) atoms. The highest BCUT2D eigenvalue weighted by Crippen LogP contribution is 2.38. The third-order valence-electron chi connectivity index (χ3n) is 5.81. The van der Waals surface area contributed by atoms with Crippen LogP contribution in [0.4, 0.5) is 5.13 Å². The number of thiazole rings is 1. The minimum absolute atomic E-state index is 0.0731. The number of para-hydroxylation sites is 1. The van der Waals surface area contributed by atoms with E-state index in [0.717, 1.165) is 40.2 Å². The van der Waals surface area contributed by atoms with Crippen molar-refractivity contribution in [3.63, 3.8) is 0 Å². The Hall–Kier alpha value is -2.43. The number of pyridine rings is 1. The second-order valence-corrected chi connectivity index (χ2v) is 11.1. The van der Waals surface area contributed by atoms with Crippen LogP contribution in [0.15, 0.2) is 35.4 Å². The lowest BCUT2D eigenvalue weighted by atomic mass is 9.71. The van der Waals surface area contributed by atoms with Gasteiger partial charge in [-0.15, -0.1) is 11.8 Å². The van der Waals surface area contributed by atoms with Crippen molar-refractivity contribution in [1.29, 1.82) is 5.26 Å². The van der Waals surface area contributed by atoms with Crippen LogP contribution in [0.25, 0.3) is 10.2 Å². The molecule has 2 aromatic heterocycles. The van der Waals surface area contributed by atoms with E-state index in [1.165, 1.54) is 28.7 Å². The number of carbonyl (C=O) groups excluding carboxylic acids is 1. The molecule has 1 aliphatic rings. The number of nitriles is 1. The standard InChI is InChI=1S/C24H26N4OS2/c1-24(2,3)17-8-9-18-15(13-17)12-16(14-25)22(26-18)30-11-10-21(29)28-23-27-19-6-4-5-7-20(19)31-23/h4-7,12,17H,8-11,13H2,1-3H3,(H,27,28,29). The highest BCUT2D eigenvalue weighted by atomic mass is 32.2. The van der Waals surface area contributed by atoms with E-state index in [2.05, 4.69) is 37.1 Å². The van der Waals surface area contributed by atoms with E-state index in [4.69, 9.17) is 4.98 Å². The van der Waals surface area contributed by atoms with Gasteiger partial charge in [0.05, 0.1) is 15.8 Å². The van der Waals surface area contributed by atoms with Gasteiger partial charge in [0.2, 0.25) is 5.91 Å². The number of carbonyl (C=O) groups is 1. The fourth-order valence-electron chi connectivity index (χ4n) is 3.92. The van der Waals surface area contributed by atoms with Crippen LogP contribution in [0.2, 0.25) is 0 Å². The molecule has 7 heteroatoms. The van der Waals surface area contributed by atoms with Gasteiger partial charge < -0.3 is 5.32 Å². The van der Waals surface area contributed by atoms with E-state index in [0.29, 0.717) is 28.8 Å². The number of nitrogens with zero attached hydrogens (tertiary/aromatic N) is 3. The number of thioether (sulfide) groups is 1. The highest BCUT2D eigenvalue weighted by molar-refractivity contribution is 7.99. The van der Waals surface area contributed by atoms with Gasteiger partial charge in [0.1, 0.15) is 11.1 Å². The number of hydrogen-bond donors (Lipinski definition) is 1. The number of aryl methyl sites for hydroxylation is 1. The van der Waals surface area contributed by atoms with Crippen molar-refractivity contribution < 1.29 is 4.79 Å². The molecule has 0 bridgehead atoms. The van der Waals surface area contributed by atoms with Crippen LogP contribution in [0, 0.1) is 22.7 Å². The first-order chi connectivity index (χ1) is 14.8. The molecular weight excluding hydrogens is 424 g/mol.